The summed E-state index contributed by atoms with van der Waals surface area (Å²) in [5.41, 5.74) is 7.84. The van der Waals surface area contributed by atoms with Crippen LogP contribution in [0.4, 0.5) is 11.4 Å². The van der Waals surface area contributed by atoms with E-state index in [0.29, 0.717) is 0 Å². The number of hydrogen-bond acceptors (Lipinski definition) is 4. The lowest BCUT2D eigenvalue weighted by Crippen LogP contribution is -2.31. The highest BCUT2D eigenvalue weighted by atomic mass is 15.4. The predicted molar refractivity (Wildman–Crippen MR) is 120 cm³/mol. The van der Waals surface area contributed by atoms with Crippen molar-refractivity contribution in [2.24, 2.45) is 0 Å². The van der Waals surface area contributed by atoms with Crippen molar-refractivity contribution in [1.29, 1.82) is 0 Å². The second-order valence-electron chi connectivity index (χ2n) is 8.01. The van der Waals surface area contributed by atoms with Crippen LogP contribution < -0.4 is 9.80 Å². The molecule has 0 bridgehead atoms. The van der Waals surface area contributed by atoms with E-state index < -0.39 is 0 Å². The summed E-state index contributed by atoms with van der Waals surface area (Å²) in [4.78, 5) is 9.70. The van der Waals surface area contributed by atoms with E-state index in [4.69, 9.17) is 0 Å². The summed E-state index contributed by atoms with van der Waals surface area (Å²) >= 11 is 0. The molecule has 0 N–H and O–H groups in total. The molecule has 4 aliphatic rings. The van der Waals surface area contributed by atoms with Crippen LogP contribution in [0.5, 0.6) is 0 Å². The van der Waals surface area contributed by atoms with Crippen LogP contribution in [-0.2, 0) is 0 Å². The van der Waals surface area contributed by atoms with Gasteiger partial charge in [-0.25, -0.2) is 0 Å². The lowest BCUT2D eigenvalue weighted by atomic mass is 10.1. The number of fused-ring (bicyclic) bond motifs is 6. The average Bonchev–Trinajstić information content (AvgIpc) is 3.37. The molecule has 0 saturated heterocycles. The van der Waals surface area contributed by atoms with Crippen molar-refractivity contribution in [2.75, 3.05) is 36.2 Å². The van der Waals surface area contributed by atoms with Crippen LogP contribution in [0.1, 0.15) is 17.5 Å². The molecule has 0 unspecified atom stereocenters. The van der Waals surface area contributed by atoms with Crippen molar-refractivity contribution >= 4 is 23.5 Å². The molecule has 0 spiro atoms. The molecule has 29 heavy (non-hydrogen) atoms. The topological polar surface area (TPSA) is 13.0 Å². The Kier molecular flexibility index (Phi) is 3.76. The first-order chi connectivity index (χ1) is 14.3. The van der Waals surface area contributed by atoms with E-state index in [1.54, 1.807) is 0 Å². The van der Waals surface area contributed by atoms with Crippen molar-refractivity contribution in [3.8, 4) is 0 Å². The molecule has 0 amide bonds. The number of allylic oxidation sites excluding steroid dienone is 2. The number of benzene rings is 2. The Balaban J connectivity index is 1.07. The van der Waals surface area contributed by atoms with Gasteiger partial charge in [0.15, 0.2) is 0 Å². The Hall–Kier alpha value is -3.40. The maximum Gasteiger partial charge on any atom is 0.0948 e. The third-order valence-corrected chi connectivity index (χ3v) is 6.11. The largest absolute Gasteiger partial charge is 0.358 e. The summed E-state index contributed by atoms with van der Waals surface area (Å²) in [6, 6.07) is 17.3. The zero-order valence-corrected chi connectivity index (χ0v) is 16.4. The normalized spacial score (nSPS) is 18.3. The van der Waals surface area contributed by atoms with Gasteiger partial charge in [0.25, 0.3) is 0 Å². The van der Waals surface area contributed by atoms with Crippen LogP contribution >= 0.6 is 0 Å². The zero-order valence-electron chi connectivity index (χ0n) is 16.4. The van der Waals surface area contributed by atoms with Crippen LogP contribution in [-0.4, -0.2) is 36.2 Å². The first-order valence-electron chi connectivity index (χ1n) is 10.4. The van der Waals surface area contributed by atoms with Crippen molar-refractivity contribution < 1.29 is 0 Å². The molecule has 0 aliphatic carbocycles. The van der Waals surface area contributed by atoms with E-state index in [9.17, 15) is 0 Å². The molecule has 0 radical (unpaired) electrons. The molecule has 0 fully saturated rings. The summed E-state index contributed by atoms with van der Waals surface area (Å²) in [5.74, 6) is 0. The van der Waals surface area contributed by atoms with E-state index in [2.05, 4.69) is 105 Å². The number of rotatable bonds is 4. The molecule has 0 aromatic heterocycles. The van der Waals surface area contributed by atoms with Crippen molar-refractivity contribution in [1.82, 2.24) is 9.80 Å². The fourth-order valence-corrected chi connectivity index (χ4v) is 4.66. The van der Waals surface area contributed by atoms with Crippen molar-refractivity contribution in [3.05, 3.63) is 95.6 Å². The highest BCUT2D eigenvalue weighted by Gasteiger charge is 2.26. The molecule has 2 aromatic carbocycles. The van der Waals surface area contributed by atoms with Gasteiger partial charge in [0.1, 0.15) is 0 Å². The minimum absolute atomic E-state index is 0.944. The molecular formula is C25H24N4. The molecule has 4 heterocycles. The maximum atomic E-state index is 2.44. The molecule has 4 aliphatic heterocycles. The third-order valence-electron chi connectivity index (χ3n) is 6.11. The first-order valence-corrected chi connectivity index (χ1v) is 10.4. The molecule has 4 heteroatoms. The second-order valence-corrected chi connectivity index (χ2v) is 8.01. The summed E-state index contributed by atoms with van der Waals surface area (Å²) in [5, 5.41) is 0. The highest BCUT2D eigenvalue weighted by Crippen LogP contribution is 2.35. The quantitative estimate of drug-likeness (QED) is 0.764. The summed E-state index contributed by atoms with van der Waals surface area (Å²) < 4.78 is 0. The van der Waals surface area contributed by atoms with Crippen molar-refractivity contribution in [2.45, 2.75) is 6.42 Å². The Bertz CT molecular complexity index is 992. The minimum atomic E-state index is 0.944. The van der Waals surface area contributed by atoms with E-state index in [0.717, 1.165) is 32.8 Å². The van der Waals surface area contributed by atoms with Gasteiger partial charge < -0.3 is 19.6 Å². The first kappa shape index (κ1) is 16.5. The highest BCUT2D eigenvalue weighted by molar-refractivity contribution is 5.77. The molecule has 6 rings (SSSR count). The number of anilines is 2. The summed E-state index contributed by atoms with van der Waals surface area (Å²) in [6.07, 6.45) is 14.7. The maximum absolute atomic E-state index is 2.44. The Morgan fingerprint density at radius 3 is 1.59 bits per heavy atom. The smallest absolute Gasteiger partial charge is 0.0948 e. The number of para-hydroxylation sites is 2. The van der Waals surface area contributed by atoms with Gasteiger partial charge in [-0.05, 0) is 41.8 Å². The number of nitrogens with zero attached hydrogens (tertiary/aromatic N) is 4. The van der Waals surface area contributed by atoms with Gasteiger partial charge in [-0.1, -0.05) is 48.6 Å². The van der Waals surface area contributed by atoms with Crippen LogP contribution in [0.25, 0.3) is 12.2 Å². The average molecular weight is 380 g/mol. The van der Waals surface area contributed by atoms with Gasteiger partial charge in [-0.15, -0.1) is 0 Å². The van der Waals surface area contributed by atoms with E-state index >= 15 is 0 Å². The lowest BCUT2D eigenvalue weighted by molar-refractivity contribution is 0.341. The third kappa shape index (κ3) is 2.83. The Morgan fingerprint density at radius 2 is 1.07 bits per heavy atom. The molecule has 0 atom stereocenters. The van der Waals surface area contributed by atoms with Crippen LogP contribution in [0, 0.1) is 0 Å². The summed E-state index contributed by atoms with van der Waals surface area (Å²) in [6.45, 7) is 4.03. The molecular weight excluding hydrogens is 356 g/mol. The van der Waals surface area contributed by atoms with E-state index in [1.807, 2.05) is 0 Å². The van der Waals surface area contributed by atoms with Gasteiger partial charge >= 0.3 is 0 Å². The van der Waals surface area contributed by atoms with E-state index in [1.165, 1.54) is 33.9 Å². The van der Waals surface area contributed by atoms with E-state index in [-0.39, 0.29) is 0 Å². The molecule has 4 nitrogen and oxygen atoms in total. The van der Waals surface area contributed by atoms with Gasteiger partial charge in [-0.2, -0.15) is 0 Å². The number of hydrogen-bond donors (Lipinski definition) is 0. The van der Waals surface area contributed by atoms with Gasteiger partial charge in [0.05, 0.1) is 36.1 Å². The molecule has 144 valence electrons. The summed E-state index contributed by atoms with van der Waals surface area (Å²) in [7, 11) is 0. The second kappa shape index (κ2) is 6.59. The van der Waals surface area contributed by atoms with Crippen LogP contribution in [0.3, 0.4) is 0 Å². The fourth-order valence-electron chi connectivity index (χ4n) is 4.66. The fraction of sp³-hybridized carbons (Fsp3) is 0.200. The monoisotopic (exact) mass is 380 g/mol. The Labute approximate surface area is 171 Å². The van der Waals surface area contributed by atoms with Gasteiger partial charge in [0.2, 0.25) is 0 Å². The molecule has 2 aromatic rings. The van der Waals surface area contributed by atoms with Crippen LogP contribution in [0.2, 0.25) is 0 Å². The predicted octanol–water partition coefficient (Wildman–Crippen LogP) is 4.67. The minimum Gasteiger partial charge on any atom is -0.358 e. The van der Waals surface area contributed by atoms with Crippen molar-refractivity contribution in [3.63, 3.8) is 0 Å². The zero-order chi connectivity index (χ0) is 19.2. The molecule has 0 saturated carbocycles. The van der Waals surface area contributed by atoms with Crippen LogP contribution in [0.15, 0.2) is 84.5 Å². The Morgan fingerprint density at radius 1 is 0.586 bits per heavy atom. The SMILES string of the molecule is C1=Cc2ccccc2N2CN(CCCN3C=C4C=Cc5ccccc5N4C3)C=C12. The van der Waals surface area contributed by atoms with Gasteiger partial charge in [-0.3, -0.25) is 0 Å². The standard InChI is InChI=1S/C25H24N4/c1-3-8-24-20(6-1)10-12-22-16-26(18-28(22)24)14-5-15-27-17-23-13-11-21-7-2-4-9-25(21)29(23)19-27/h1-4,6-13,16-17H,5,14-15,18-19H2. The lowest BCUT2D eigenvalue weighted by Gasteiger charge is -2.28. The van der Waals surface area contributed by atoms with Gasteiger partial charge in [0, 0.05) is 25.5 Å².